The van der Waals surface area contributed by atoms with Gasteiger partial charge < -0.3 is 14.8 Å². The van der Waals surface area contributed by atoms with Gasteiger partial charge in [-0.1, -0.05) is 30.4 Å². The minimum atomic E-state index is -0.0555. The van der Waals surface area contributed by atoms with Crippen molar-refractivity contribution < 1.29 is 9.47 Å². The van der Waals surface area contributed by atoms with E-state index in [1.54, 1.807) is 7.11 Å². The summed E-state index contributed by atoms with van der Waals surface area (Å²) in [6, 6.07) is 10.6. The summed E-state index contributed by atoms with van der Waals surface area (Å²) in [7, 11) is 1.74. The molecule has 1 N–H and O–H groups in total. The second kappa shape index (κ2) is 7.23. The average molecular weight is 402 g/mol. The summed E-state index contributed by atoms with van der Waals surface area (Å²) in [5.41, 5.74) is 7.42. The molecule has 3 aliphatic rings. The zero-order valence-electron chi connectivity index (χ0n) is 18.4. The molecule has 0 saturated heterocycles. The first kappa shape index (κ1) is 19.3. The van der Waals surface area contributed by atoms with E-state index in [2.05, 4.69) is 62.5 Å². The van der Waals surface area contributed by atoms with Crippen molar-refractivity contribution in [3.8, 4) is 22.6 Å². The van der Waals surface area contributed by atoms with Gasteiger partial charge in [0.25, 0.3) is 0 Å². The Hall–Kier alpha value is -2.68. The van der Waals surface area contributed by atoms with E-state index in [0.717, 1.165) is 29.9 Å². The quantitative estimate of drug-likeness (QED) is 0.554. The number of allylic oxidation sites excluding steroid dienone is 3. The summed E-state index contributed by atoms with van der Waals surface area (Å²) < 4.78 is 12.5. The molecule has 3 heteroatoms. The van der Waals surface area contributed by atoms with E-state index in [4.69, 9.17) is 9.47 Å². The normalized spacial score (nSPS) is 23.3. The molecule has 2 aromatic carbocycles. The fraction of sp³-hybridized carbons (Fsp3) is 0.407. The summed E-state index contributed by atoms with van der Waals surface area (Å²) >= 11 is 0. The Morgan fingerprint density at radius 2 is 2.00 bits per heavy atom. The third-order valence-electron chi connectivity index (χ3n) is 6.67. The van der Waals surface area contributed by atoms with E-state index in [-0.39, 0.29) is 11.6 Å². The smallest absolute Gasteiger partial charge is 0.131 e. The van der Waals surface area contributed by atoms with Gasteiger partial charge in [-0.05, 0) is 81.7 Å². The molecule has 2 aliphatic heterocycles. The van der Waals surface area contributed by atoms with Crippen LogP contribution in [0.25, 0.3) is 16.7 Å². The SMILES string of the molecule is COc1cccc2c1-c1ccc3c(c1C(CC1CC=CCC1)O2)C(C)=CC(C)(C)N3. The molecule has 30 heavy (non-hydrogen) atoms. The van der Waals surface area contributed by atoms with Gasteiger partial charge in [0.05, 0.1) is 18.2 Å². The van der Waals surface area contributed by atoms with Crippen molar-refractivity contribution in [3.05, 3.63) is 59.7 Å². The van der Waals surface area contributed by atoms with E-state index < -0.39 is 0 Å². The lowest BCUT2D eigenvalue weighted by Crippen LogP contribution is -2.32. The minimum absolute atomic E-state index is 0.0532. The third-order valence-corrected chi connectivity index (χ3v) is 6.67. The molecule has 0 aromatic heterocycles. The molecule has 3 nitrogen and oxygen atoms in total. The first-order chi connectivity index (χ1) is 14.5. The second-order valence-corrected chi connectivity index (χ2v) is 9.45. The number of hydrogen-bond acceptors (Lipinski definition) is 3. The lowest BCUT2D eigenvalue weighted by Gasteiger charge is -2.38. The van der Waals surface area contributed by atoms with Crippen molar-refractivity contribution in [2.24, 2.45) is 5.92 Å². The van der Waals surface area contributed by atoms with Gasteiger partial charge in [-0.25, -0.2) is 0 Å². The summed E-state index contributed by atoms with van der Waals surface area (Å²) in [5, 5.41) is 3.72. The second-order valence-electron chi connectivity index (χ2n) is 9.45. The number of methoxy groups -OCH3 is 1. The summed E-state index contributed by atoms with van der Waals surface area (Å²) in [6.45, 7) is 6.68. The Bertz CT molecular complexity index is 1050. The Kier molecular flexibility index (Phi) is 4.65. The zero-order valence-corrected chi connectivity index (χ0v) is 18.4. The maximum Gasteiger partial charge on any atom is 0.131 e. The van der Waals surface area contributed by atoms with Gasteiger partial charge in [0.2, 0.25) is 0 Å². The van der Waals surface area contributed by atoms with Gasteiger partial charge in [0, 0.05) is 16.8 Å². The van der Waals surface area contributed by atoms with Crippen LogP contribution in [0.1, 0.15) is 63.7 Å². The molecular formula is C27H31NO2. The van der Waals surface area contributed by atoms with E-state index in [1.807, 2.05) is 12.1 Å². The van der Waals surface area contributed by atoms with Gasteiger partial charge in [-0.3, -0.25) is 0 Å². The maximum atomic E-state index is 6.71. The monoisotopic (exact) mass is 401 g/mol. The zero-order chi connectivity index (χ0) is 20.9. The summed E-state index contributed by atoms with van der Waals surface area (Å²) in [6.07, 6.45) is 11.7. The van der Waals surface area contributed by atoms with Crippen molar-refractivity contribution >= 4 is 11.3 Å². The average Bonchev–Trinajstić information content (AvgIpc) is 2.72. The Balaban J connectivity index is 1.69. The van der Waals surface area contributed by atoms with Gasteiger partial charge in [0.1, 0.15) is 17.6 Å². The number of ether oxygens (including phenoxy) is 2. The van der Waals surface area contributed by atoms with Crippen molar-refractivity contribution in [2.75, 3.05) is 12.4 Å². The molecule has 0 bridgehead atoms. The number of rotatable bonds is 3. The van der Waals surface area contributed by atoms with Crippen LogP contribution in [0.15, 0.2) is 48.6 Å². The molecule has 5 rings (SSSR count). The predicted octanol–water partition coefficient (Wildman–Crippen LogP) is 7.15. The summed E-state index contributed by atoms with van der Waals surface area (Å²) in [4.78, 5) is 0. The molecule has 0 fully saturated rings. The van der Waals surface area contributed by atoms with Gasteiger partial charge in [0.15, 0.2) is 0 Å². The molecule has 156 valence electrons. The molecule has 0 radical (unpaired) electrons. The van der Waals surface area contributed by atoms with Crippen LogP contribution >= 0.6 is 0 Å². The number of benzene rings is 2. The summed E-state index contributed by atoms with van der Waals surface area (Å²) in [5.74, 6) is 2.47. The molecule has 2 atom stereocenters. The van der Waals surface area contributed by atoms with Crippen molar-refractivity contribution in [2.45, 2.75) is 58.1 Å². The highest BCUT2D eigenvalue weighted by Crippen LogP contribution is 2.53. The van der Waals surface area contributed by atoms with Crippen molar-refractivity contribution in [1.29, 1.82) is 0 Å². The fourth-order valence-electron chi connectivity index (χ4n) is 5.49. The molecule has 0 saturated carbocycles. The molecule has 1 aliphatic carbocycles. The Labute approximate surface area is 179 Å². The van der Waals surface area contributed by atoms with Crippen LogP contribution in [0.5, 0.6) is 11.5 Å². The highest BCUT2D eigenvalue weighted by atomic mass is 16.5. The molecular weight excluding hydrogens is 370 g/mol. The minimum Gasteiger partial charge on any atom is -0.496 e. The lowest BCUT2D eigenvalue weighted by molar-refractivity contribution is 0.162. The highest BCUT2D eigenvalue weighted by molar-refractivity contribution is 5.91. The molecule has 2 heterocycles. The highest BCUT2D eigenvalue weighted by Gasteiger charge is 2.35. The Morgan fingerprint density at radius 1 is 1.13 bits per heavy atom. The van der Waals surface area contributed by atoms with Crippen LogP contribution in [0.2, 0.25) is 0 Å². The van der Waals surface area contributed by atoms with Crippen LogP contribution in [0.4, 0.5) is 5.69 Å². The van der Waals surface area contributed by atoms with Gasteiger partial charge in [-0.15, -0.1) is 0 Å². The van der Waals surface area contributed by atoms with Crippen molar-refractivity contribution in [3.63, 3.8) is 0 Å². The third kappa shape index (κ3) is 3.21. The van der Waals surface area contributed by atoms with E-state index in [0.29, 0.717) is 5.92 Å². The maximum absolute atomic E-state index is 6.71. The fourth-order valence-corrected chi connectivity index (χ4v) is 5.49. The van der Waals surface area contributed by atoms with Crippen LogP contribution in [-0.4, -0.2) is 12.6 Å². The molecule has 0 spiro atoms. The van der Waals surface area contributed by atoms with Crippen LogP contribution < -0.4 is 14.8 Å². The standard InChI is InChI=1S/C27H31NO2/c1-17-16-27(2,3)28-20-14-13-19-25-21(29-4)11-8-12-22(25)30-23(26(19)24(17)20)15-18-9-6-5-7-10-18/h5-6,8,11-14,16,18,23,28H,7,9-10,15H2,1-4H3. The first-order valence-corrected chi connectivity index (χ1v) is 11.1. The van der Waals surface area contributed by atoms with Crippen molar-refractivity contribution in [1.82, 2.24) is 0 Å². The largest absolute Gasteiger partial charge is 0.496 e. The molecule has 0 amide bonds. The topological polar surface area (TPSA) is 30.5 Å². The van der Waals surface area contributed by atoms with Gasteiger partial charge in [-0.2, -0.15) is 0 Å². The van der Waals surface area contributed by atoms with Crippen LogP contribution in [0.3, 0.4) is 0 Å². The van der Waals surface area contributed by atoms with Crippen LogP contribution in [0, 0.1) is 5.92 Å². The number of anilines is 1. The Morgan fingerprint density at radius 3 is 2.77 bits per heavy atom. The number of fused-ring (bicyclic) bond motifs is 5. The molecule has 2 aromatic rings. The number of nitrogens with one attached hydrogen (secondary N) is 1. The predicted molar refractivity (Wildman–Crippen MR) is 124 cm³/mol. The first-order valence-electron chi connectivity index (χ1n) is 11.1. The van der Waals surface area contributed by atoms with E-state index in [1.165, 1.54) is 40.8 Å². The van der Waals surface area contributed by atoms with Crippen LogP contribution in [-0.2, 0) is 0 Å². The number of hydrogen-bond donors (Lipinski definition) is 1. The molecule has 2 unspecified atom stereocenters. The van der Waals surface area contributed by atoms with E-state index >= 15 is 0 Å². The van der Waals surface area contributed by atoms with E-state index in [9.17, 15) is 0 Å². The lowest BCUT2D eigenvalue weighted by atomic mass is 9.78. The van der Waals surface area contributed by atoms with Gasteiger partial charge >= 0.3 is 0 Å².